The molecule has 3 aliphatic carbocycles. The van der Waals surface area contributed by atoms with Crippen LogP contribution in [0.2, 0.25) is 0 Å². The Labute approximate surface area is 170 Å². The lowest BCUT2D eigenvalue weighted by Crippen LogP contribution is -2.65. The van der Waals surface area contributed by atoms with Crippen LogP contribution in [0.25, 0.3) is 0 Å². The summed E-state index contributed by atoms with van der Waals surface area (Å²) in [6.45, 7) is 7.14. The molecular weight excluding hydrogens is 374 g/mol. The van der Waals surface area contributed by atoms with Gasteiger partial charge in [0.1, 0.15) is 0 Å². The fourth-order valence-electron chi connectivity index (χ4n) is 5.68. The minimum absolute atomic E-state index is 0.129. The quantitative estimate of drug-likeness (QED) is 0.756. The van der Waals surface area contributed by atoms with Crippen molar-refractivity contribution in [2.45, 2.75) is 58.2 Å². The highest BCUT2D eigenvalue weighted by molar-refractivity contribution is 6.62. The maximum Gasteiger partial charge on any atom is 0.494 e. The Balaban J connectivity index is 1.29. The van der Waals surface area contributed by atoms with Crippen molar-refractivity contribution in [1.29, 1.82) is 0 Å². The monoisotopic (exact) mass is 400 g/mol. The number of hydrogen-bond donors (Lipinski definition) is 2. The van der Waals surface area contributed by atoms with Gasteiger partial charge in [-0.3, -0.25) is 4.79 Å². The maximum atomic E-state index is 13.5. The second-order valence-corrected chi connectivity index (χ2v) is 9.54. The Morgan fingerprint density at radius 3 is 2.69 bits per heavy atom. The van der Waals surface area contributed by atoms with Crippen LogP contribution in [0.3, 0.4) is 0 Å². The molecule has 3 saturated carbocycles. The second-order valence-electron chi connectivity index (χ2n) is 9.54. The SMILES string of the molecule is CC1(C)C2CC3OB(c4ccc(CN5C=C(F)C(=O)NC5O)cc4)OC3(C)C1C2. The summed E-state index contributed by atoms with van der Waals surface area (Å²) in [5.41, 5.74) is 1.88. The van der Waals surface area contributed by atoms with Gasteiger partial charge < -0.3 is 24.6 Å². The van der Waals surface area contributed by atoms with Crippen LogP contribution >= 0.6 is 0 Å². The molecule has 29 heavy (non-hydrogen) atoms. The molecule has 1 amide bonds. The summed E-state index contributed by atoms with van der Waals surface area (Å²) in [5.74, 6) is -0.604. The summed E-state index contributed by atoms with van der Waals surface area (Å²) >= 11 is 0. The minimum Gasteiger partial charge on any atom is -0.402 e. The highest BCUT2D eigenvalue weighted by Gasteiger charge is 2.67. The van der Waals surface area contributed by atoms with E-state index in [1.807, 2.05) is 24.3 Å². The first-order valence-electron chi connectivity index (χ1n) is 10.2. The van der Waals surface area contributed by atoms with Gasteiger partial charge in [0.25, 0.3) is 5.91 Å². The predicted molar refractivity (Wildman–Crippen MR) is 105 cm³/mol. The first-order valence-corrected chi connectivity index (χ1v) is 10.2. The molecule has 5 aliphatic rings. The number of rotatable bonds is 3. The van der Waals surface area contributed by atoms with Crippen molar-refractivity contribution in [2.24, 2.45) is 17.3 Å². The number of carbonyl (C=O) groups excluding carboxylic acids is 1. The van der Waals surface area contributed by atoms with Gasteiger partial charge in [-0.2, -0.15) is 4.39 Å². The van der Waals surface area contributed by atoms with Crippen LogP contribution in [-0.2, 0) is 20.6 Å². The fraction of sp³-hybridized carbons (Fsp3) is 0.571. The molecule has 2 heterocycles. The molecule has 4 fully saturated rings. The number of halogens is 1. The zero-order chi connectivity index (χ0) is 20.6. The number of aliphatic hydroxyl groups is 1. The third kappa shape index (κ3) is 2.84. The molecule has 2 bridgehead atoms. The lowest BCUT2D eigenvalue weighted by molar-refractivity contribution is -0.199. The Morgan fingerprint density at radius 1 is 1.28 bits per heavy atom. The van der Waals surface area contributed by atoms with Crippen LogP contribution in [-0.4, -0.2) is 41.1 Å². The summed E-state index contributed by atoms with van der Waals surface area (Å²) in [4.78, 5) is 12.6. The normalized spacial score (nSPS) is 37.6. The van der Waals surface area contributed by atoms with Gasteiger partial charge in [-0.15, -0.1) is 0 Å². The summed E-state index contributed by atoms with van der Waals surface area (Å²) in [5, 5.41) is 12.1. The van der Waals surface area contributed by atoms with E-state index >= 15 is 0 Å². The molecule has 2 aliphatic heterocycles. The van der Waals surface area contributed by atoms with Gasteiger partial charge in [0.15, 0.2) is 0 Å². The van der Waals surface area contributed by atoms with Crippen molar-refractivity contribution < 1.29 is 23.6 Å². The Hall–Kier alpha value is -1.90. The van der Waals surface area contributed by atoms with Crippen molar-refractivity contribution in [2.75, 3.05) is 0 Å². The van der Waals surface area contributed by atoms with Gasteiger partial charge in [0.2, 0.25) is 12.2 Å². The number of amides is 1. The first-order chi connectivity index (χ1) is 13.7. The molecule has 6 rings (SSSR count). The lowest BCUT2D eigenvalue weighted by atomic mass is 9.43. The molecule has 1 aromatic rings. The van der Waals surface area contributed by atoms with Crippen LogP contribution in [0.1, 0.15) is 39.2 Å². The van der Waals surface area contributed by atoms with Crippen LogP contribution < -0.4 is 10.8 Å². The standard InChI is InChI=1S/C21H26BFN2O4/c1-20(2)13-8-16(20)21(3)17(9-13)28-22(29-21)14-6-4-12(5-7-14)10-25-11-15(23)18(26)24-19(25)27/h4-7,11,13,16-17,19,27H,8-10H2,1-3H3,(H,24,26). The molecule has 0 spiro atoms. The van der Waals surface area contributed by atoms with Crippen LogP contribution in [0.5, 0.6) is 0 Å². The summed E-state index contributed by atoms with van der Waals surface area (Å²) in [7, 11) is -0.383. The smallest absolute Gasteiger partial charge is 0.402 e. The predicted octanol–water partition coefficient (Wildman–Crippen LogP) is 1.64. The van der Waals surface area contributed by atoms with Crippen LogP contribution in [0.4, 0.5) is 4.39 Å². The zero-order valence-electron chi connectivity index (χ0n) is 16.9. The van der Waals surface area contributed by atoms with Crippen LogP contribution in [0.15, 0.2) is 36.3 Å². The number of carbonyl (C=O) groups is 1. The molecule has 0 aromatic heterocycles. The molecule has 1 aromatic carbocycles. The molecule has 2 N–H and O–H groups in total. The number of nitrogens with one attached hydrogen (secondary N) is 1. The van der Waals surface area contributed by atoms with Gasteiger partial charge in [-0.25, -0.2) is 0 Å². The van der Waals surface area contributed by atoms with E-state index in [1.54, 1.807) is 0 Å². The maximum absolute atomic E-state index is 13.5. The van der Waals surface area contributed by atoms with E-state index in [0.717, 1.165) is 23.6 Å². The van der Waals surface area contributed by atoms with Gasteiger partial charge in [0, 0.05) is 12.7 Å². The molecule has 8 heteroatoms. The van der Waals surface area contributed by atoms with Gasteiger partial charge in [-0.1, -0.05) is 38.1 Å². The number of aliphatic hydroxyl groups excluding tert-OH is 1. The van der Waals surface area contributed by atoms with Crippen molar-refractivity contribution >= 4 is 18.5 Å². The minimum atomic E-state index is -1.25. The third-order valence-electron chi connectivity index (χ3n) is 7.64. The molecule has 0 radical (unpaired) electrons. The van der Waals surface area contributed by atoms with Crippen molar-refractivity contribution in [3.8, 4) is 0 Å². The van der Waals surface area contributed by atoms with Crippen LogP contribution in [0, 0.1) is 17.3 Å². The van der Waals surface area contributed by atoms with E-state index in [0.29, 0.717) is 17.3 Å². The molecule has 154 valence electrons. The van der Waals surface area contributed by atoms with E-state index in [1.165, 1.54) is 11.3 Å². The molecule has 1 saturated heterocycles. The Morgan fingerprint density at radius 2 is 2.00 bits per heavy atom. The fourth-order valence-corrected chi connectivity index (χ4v) is 5.68. The Bertz CT molecular complexity index is 876. The van der Waals surface area contributed by atoms with E-state index in [2.05, 4.69) is 26.1 Å². The van der Waals surface area contributed by atoms with Crippen molar-refractivity contribution in [1.82, 2.24) is 10.2 Å². The van der Waals surface area contributed by atoms with E-state index in [-0.39, 0.29) is 25.4 Å². The average molecular weight is 400 g/mol. The summed E-state index contributed by atoms with van der Waals surface area (Å²) in [6.07, 6.45) is 2.17. The lowest BCUT2D eigenvalue weighted by Gasteiger charge is -2.64. The molecule has 5 atom stereocenters. The van der Waals surface area contributed by atoms with E-state index in [9.17, 15) is 14.3 Å². The van der Waals surface area contributed by atoms with Crippen molar-refractivity contribution in [3.05, 3.63) is 41.9 Å². The van der Waals surface area contributed by atoms with Gasteiger partial charge in [-0.05, 0) is 48.0 Å². The zero-order valence-corrected chi connectivity index (χ0v) is 16.9. The number of hydrogen-bond acceptors (Lipinski definition) is 5. The van der Waals surface area contributed by atoms with E-state index in [4.69, 9.17) is 9.31 Å². The summed E-state index contributed by atoms with van der Waals surface area (Å²) < 4.78 is 26.3. The molecule has 6 nitrogen and oxygen atoms in total. The highest BCUT2D eigenvalue weighted by atomic mass is 19.1. The van der Waals surface area contributed by atoms with E-state index < -0.39 is 18.1 Å². The van der Waals surface area contributed by atoms with Gasteiger partial charge >= 0.3 is 7.12 Å². The second kappa shape index (κ2) is 6.30. The topological polar surface area (TPSA) is 71.0 Å². The number of nitrogens with zero attached hydrogens (tertiary/aromatic N) is 1. The van der Waals surface area contributed by atoms with Crippen molar-refractivity contribution in [3.63, 3.8) is 0 Å². The highest BCUT2D eigenvalue weighted by Crippen LogP contribution is 2.65. The Kier molecular flexibility index (Phi) is 4.15. The average Bonchev–Trinajstić information content (AvgIpc) is 3.03. The number of benzene rings is 1. The molecular formula is C21H26BFN2O4. The largest absolute Gasteiger partial charge is 0.494 e. The van der Waals surface area contributed by atoms with Gasteiger partial charge in [0.05, 0.1) is 11.7 Å². The summed E-state index contributed by atoms with van der Waals surface area (Å²) in [6, 6.07) is 7.71. The first kappa shape index (κ1) is 19.1. The molecule has 5 unspecified atom stereocenters. The third-order valence-corrected chi connectivity index (χ3v) is 7.64.